The zero-order valence-electron chi connectivity index (χ0n) is 6.23. The fourth-order valence-corrected chi connectivity index (χ4v) is 0. The predicted octanol–water partition coefficient (Wildman–Crippen LogP) is -3.19. The fourth-order valence-electron chi connectivity index (χ4n) is 0. The molecule has 8 heteroatoms. The van der Waals surface area contributed by atoms with Gasteiger partial charge >= 0.3 is 0 Å². The summed E-state index contributed by atoms with van der Waals surface area (Å²) in [6, 6.07) is -2.50. The van der Waals surface area contributed by atoms with E-state index in [2.05, 4.69) is 22.9 Å². The predicted molar refractivity (Wildman–Crippen MR) is 35.2 cm³/mol. The van der Waals surface area contributed by atoms with Crippen molar-refractivity contribution in [1.29, 1.82) is 0 Å². The van der Waals surface area contributed by atoms with E-state index in [-0.39, 0.29) is 56.2 Å². The van der Waals surface area contributed by atoms with Crippen molar-refractivity contribution in [1.82, 2.24) is 0 Å². The number of aliphatic hydroxyl groups is 2. The van der Waals surface area contributed by atoms with E-state index < -0.39 is 6.03 Å². The van der Waals surface area contributed by atoms with Crippen LogP contribution in [0.4, 0.5) is 0 Å². The summed E-state index contributed by atoms with van der Waals surface area (Å²) >= 11 is 0. The van der Waals surface area contributed by atoms with E-state index in [4.69, 9.17) is 10.2 Å². The smallest absolute Gasteiger partial charge is 0.281 e. The standard InChI is InChI=1S/CH6N2O2.CH6N2.CH3.2W/c2-1(3,4)5;2-1-3;;;/h4-5H,2-3H2;1-3H2;1H3;;/q;;-1;;. The molecule has 0 saturated heterocycles. The SMILES string of the molecule is NC(N)(O)O.NCN.[CH3-].[W].[W]. The molecule has 0 bridgehead atoms. The van der Waals surface area contributed by atoms with Crippen LogP contribution >= 0.6 is 0 Å². The molecule has 0 unspecified atom stereocenters. The first kappa shape index (κ1) is 29.6. The fraction of sp³-hybridized carbons (Fsp3) is 0.667. The van der Waals surface area contributed by atoms with Crippen molar-refractivity contribution in [3.8, 4) is 0 Å². The van der Waals surface area contributed by atoms with Crippen molar-refractivity contribution < 1.29 is 52.3 Å². The van der Waals surface area contributed by atoms with Crippen LogP contribution in [0.15, 0.2) is 0 Å². The summed E-state index contributed by atoms with van der Waals surface area (Å²) in [5.74, 6) is 0. The van der Waals surface area contributed by atoms with E-state index in [1.54, 1.807) is 0 Å². The van der Waals surface area contributed by atoms with Crippen LogP contribution in [0.3, 0.4) is 0 Å². The average Bonchev–Trinajstić information content (AvgIpc) is 1.27. The van der Waals surface area contributed by atoms with Crippen LogP contribution in [0.25, 0.3) is 0 Å². The normalized spacial score (nSPS) is 7.09. The molecule has 0 radical (unpaired) electrons. The van der Waals surface area contributed by atoms with Gasteiger partial charge < -0.3 is 29.1 Å². The Morgan fingerprint density at radius 2 is 1.00 bits per heavy atom. The molecule has 0 rings (SSSR count). The monoisotopic (exact) mass is 507 g/mol. The number of rotatable bonds is 0. The number of hydrogen-bond donors (Lipinski definition) is 6. The Kier molecular flexibility index (Phi) is 46.4. The van der Waals surface area contributed by atoms with Gasteiger partial charge in [-0.05, 0) is 0 Å². The average molecular weight is 507 g/mol. The zero-order chi connectivity index (χ0) is 7.21. The zero-order valence-corrected chi connectivity index (χ0v) is 12.1. The minimum absolute atomic E-state index is 0. The van der Waals surface area contributed by atoms with Gasteiger partial charge in [0.15, 0.2) is 0 Å². The molecule has 0 aliphatic carbocycles. The molecule has 0 aromatic heterocycles. The first-order valence-corrected chi connectivity index (χ1v) is 1.84. The summed E-state index contributed by atoms with van der Waals surface area (Å²) in [4.78, 5) is 0. The first-order chi connectivity index (χ1) is 3.41. The van der Waals surface area contributed by atoms with Crippen LogP contribution in [0.2, 0.25) is 0 Å². The van der Waals surface area contributed by atoms with Gasteiger partial charge in [-0.3, -0.25) is 11.5 Å². The molecule has 0 aromatic carbocycles. The van der Waals surface area contributed by atoms with Gasteiger partial charge in [-0.2, -0.15) is 0 Å². The summed E-state index contributed by atoms with van der Waals surface area (Å²) < 4.78 is 0. The first-order valence-electron chi connectivity index (χ1n) is 1.84. The molecule has 0 aliphatic rings. The van der Waals surface area contributed by atoms with E-state index >= 15 is 0 Å². The second-order valence-electron chi connectivity index (χ2n) is 1.02. The Morgan fingerprint density at radius 1 is 1.00 bits per heavy atom. The minimum atomic E-state index is -2.50. The van der Waals surface area contributed by atoms with E-state index in [1.807, 2.05) is 0 Å². The molecular weight excluding hydrogens is 492 g/mol. The van der Waals surface area contributed by atoms with Crippen LogP contribution < -0.4 is 22.9 Å². The third-order valence-electron chi connectivity index (χ3n) is 0. The molecule has 72 valence electrons. The summed E-state index contributed by atoms with van der Waals surface area (Å²) in [7, 11) is 0. The molecule has 6 nitrogen and oxygen atoms in total. The van der Waals surface area contributed by atoms with Crippen LogP contribution in [-0.2, 0) is 42.1 Å². The van der Waals surface area contributed by atoms with Crippen molar-refractivity contribution in [2.45, 2.75) is 6.03 Å². The Hall–Kier alpha value is 1.14. The molecule has 0 aliphatic heterocycles. The molecule has 0 spiro atoms. The van der Waals surface area contributed by atoms with E-state index in [9.17, 15) is 0 Å². The van der Waals surface area contributed by atoms with Gasteiger partial charge in [-0.15, -0.1) is 0 Å². The molecule has 0 heterocycles. The quantitative estimate of drug-likeness (QED) is 0.151. The van der Waals surface area contributed by atoms with Crippen LogP contribution in [0.5, 0.6) is 0 Å². The summed E-state index contributed by atoms with van der Waals surface area (Å²) in [6.07, 6.45) is 0. The maximum absolute atomic E-state index is 7.63. The van der Waals surface area contributed by atoms with Gasteiger partial charge in [0.25, 0.3) is 6.03 Å². The van der Waals surface area contributed by atoms with Crippen molar-refractivity contribution in [2.75, 3.05) is 6.67 Å². The second kappa shape index (κ2) is 17.3. The number of hydrogen-bond acceptors (Lipinski definition) is 6. The summed E-state index contributed by atoms with van der Waals surface area (Å²) in [5, 5.41) is 15.3. The Morgan fingerprint density at radius 3 is 1.00 bits per heavy atom. The Bertz CT molecular complexity index is 45.1. The Labute approximate surface area is 95.2 Å². The number of nitrogens with two attached hydrogens (primary N) is 4. The van der Waals surface area contributed by atoms with Gasteiger partial charge in [-0.1, -0.05) is 0 Å². The van der Waals surface area contributed by atoms with E-state index in [0.717, 1.165) is 0 Å². The Balaban J connectivity index is -0.0000000183. The maximum Gasteiger partial charge on any atom is 0.281 e. The molecular formula is C3H15N4O2W2-. The molecule has 0 amide bonds. The second-order valence-corrected chi connectivity index (χ2v) is 1.02. The van der Waals surface area contributed by atoms with E-state index in [0.29, 0.717) is 0 Å². The van der Waals surface area contributed by atoms with Crippen molar-refractivity contribution in [2.24, 2.45) is 22.9 Å². The molecule has 11 heavy (non-hydrogen) atoms. The largest absolute Gasteiger partial charge is 0.358 e. The summed E-state index contributed by atoms with van der Waals surface area (Å²) in [6.45, 7) is 0.250. The topological polar surface area (TPSA) is 145 Å². The van der Waals surface area contributed by atoms with Crippen molar-refractivity contribution in [3.05, 3.63) is 7.43 Å². The molecule has 0 fully saturated rings. The van der Waals surface area contributed by atoms with Gasteiger partial charge in [0.05, 0.1) is 0 Å². The van der Waals surface area contributed by atoms with E-state index in [1.165, 1.54) is 0 Å². The van der Waals surface area contributed by atoms with Gasteiger partial charge in [0, 0.05) is 48.8 Å². The maximum atomic E-state index is 7.63. The molecule has 0 aromatic rings. The van der Waals surface area contributed by atoms with Crippen molar-refractivity contribution in [3.63, 3.8) is 0 Å². The molecule has 10 N–H and O–H groups in total. The molecule has 0 saturated carbocycles. The van der Waals surface area contributed by atoms with Gasteiger partial charge in [-0.25, -0.2) is 0 Å². The van der Waals surface area contributed by atoms with Crippen LogP contribution in [-0.4, -0.2) is 22.9 Å². The summed E-state index contributed by atoms with van der Waals surface area (Å²) in [5.41, 5.74) is 17.7. The van der Waals surface area contributed by atoms with Crippen LogP contribution in [0.1, 0.15) is 0 Å². The third-order valence-corrected chi connectivity index (χ3v) is 0. The van der Waals surface area contributed by atoms with Crippen LogP contribution in [0, 0.1) is 7.43 Å². The molecule has 0 atom stereocenters. The van der Waals surface area contributed by atoms with Gasteiger partial charge in [0.1, 0.15) is 0 Å². The third kappa shape index (κ3) is 720. The minimum Gasteiger partial charge on any atom is -0.358 e. The van der Waals surface area contributed by atoms with Gasteiger partial charge in [0.2, 0.25) is 0 Å². The van der Waals surface area contributed by atoms with Crippen molar-refractivity contribution >= 4 is 0 Å².